The number of pyridine rings is 1. The molecule has 0 fully saturated rings. The molecule has 0 aliphatic carbocycles. The fraction of sp³-hybridized carbons (Fsp3) is 0.500. The number of rotatable bonds is 5. The van der Waals surface area contributed by atoms with Crippen LogP contribution < -0.4 is 11.1 Å². The van der Waals surface area contributed by atoms with Gasteiger partial charge in [-0.1, -0.05) is 6.07 Å². The third-order valence-electron chi connectivity index (χ3n) is 2.03. The second-order valence-corrected chi connectivity index (χ2v) is 3.36. The van der Waals surface area contributed by atoms with Gasteiger partial charge in [0.1, 0.15) is 0 Å². The second-order valence-electron chi connectivity index (χ2n) is 3.36. The predicted octanol–water partition coefficient (Wildman–Crippen LogP) is -0.121. The highest BCUT2D eigenvalue weighted by Crippen LogP contribution is 1.92. The van der Waals surface area contributed by atoms with Gasteiger partial charge in [0.15, 0.2) is 0 Å². The number of hydrogen-bond donors (Lipinski definition) is 3. The molecule has 4 heteroatoms. The van der Waals surface area contributed by atoms with Gasteiger partial charge in [0.25, 0.3) is 0 Å². The van der Waals surface area contributed by atoms with Crippen molar-refractivity contribution in [3.05, 3.63) is 30.1 Å². The van der Waals surface area contributed by atoms with E-state index in [1.165, 1.54) is 0 Å². The average molecular weight is 195 g/mol. The molecule has 1 heterocycles. The number of hydrogen-bond acceptors (Lipinski definition) is 4. The van der Waals surface area contributed by atoms with Crippen molar-refractivity contribution >= 4 is 0 Å². The van der Waals surface area contributed by atoms with E-state index < -0.39 is 6.10 Å². The summed E-state index contributed by atoms with van der Waals surface area (Å²) in [6, 6.07) is 5.54. The summed E-state index contributed by atoms with van der Waals surface area (Å²) in [6.45, 7) is 2.96. The molecular formula is C10H17N3O. The fourth-order valence-corrected chi connectivity index (χ4v) is 1.04. The molecule has 14 heavy (non-hydrogen) atoms. The van der Waals surface area contributed by atoms with E-state index in [4.69, 9.17) is 10.8 Å². The molecule has 2 unspecified atom stereocenters. The third kappa shape index (κ3) is 3.83. The Morgan fingerprint density at radius 2 is 2.36 bits per heavy atom. The zero-order valence-corrected chi connectivity index (χ0v) is 8.35. The van der Waals surface area contributed by atoms with Crippen LogP contribution in [0.1, 0.15) is 12.6 Å². The zero-order chi connectivity index (χ0) is 10.4. The van der Waals surface area contributed by atoms with E-state index in [-0.39, 0.29) is 6.04 Å². The molecule has 0 saturated carbocycles. The van der Waals surface area contributed by atoms with Gasteiger partial charge in [0.05, 0.1) is 11.8 Å². The molecule has 1 aromatic heterocycles. The number of aromatic nitrogens is 1. The highest BCUT2D eigenvalue weighted by Gasteiger charge is 2.07. The van der Waals surface area contributed by atoms with Gasteiger partial charge in [0, 0.05) is 25.3 Å². The van der Waals surface area contributed by atoms with Crippen molar-refractivity contribution in [1.82, 2.24) is 10.3 Å². The van der Waals surface area contributed by atoms with E-state index in [1.807, 2.05) is 18.2 Å². The predicted molar refractivity (Wildman–Crippen MR) is 55.6 cm³/mol. The van der Waals surface area contributed by atoms with Gasteiger partial charge in [-0.05, 0) is 19.1 Å². The lowest BCUT2D eigenvalue weighted by Gasteiger charge is -2.14. The van der Waals surface area contributed by atoms with Crippen LogP contribution in [0.15, 0.2) is 24.4 Å². The summed E-state index contributed by atoms with van der Waals surface area (Å²) in [5.41, 5.74) is 6.62. The molecule has 2 atom stereocenters. The van der Waals surface area contributed by atoms with E-state index in [1.54, 1.807) is 13.1 Å². The molecule has 0 spiro atoms. The first-order valence-corrected chi connectivity index (χ1v) is 4.74. The van der Waals surface area contributed by atoms with E-state index in [0.717, 1.165) is 5.69 Å². The van der Waals surface area contributed by atoms with Crippen molar-refractivity contribution in [3.63, 3.8) is 0 Å². The molecule has 0 amide bonds. The summed E-state index contributed by atoms with van der Waals surface area (Å²) < 4.78 is 0. The summed E-state index contributed by atoms with van der Waals surface area (Å²) in [4.78, 5) is 4.15. The Labute approximate surface area is 84.2 Å². The monoisotopic (exact) mass is 195 g/mol. The molecule has 4 nitrogen and oxygen atoms in total. The molecule has 0 aliphatic rings. The topological polar surface area (TPSA) is 71.2 Å². The standard InChI is InChI=1S/C10H17N3O/c1-8(14)10(11)7-12-6-9-4-2-3-5-13-9/h2-5,8,10,12,14H,6-7,11H2,1H3. The van der Waals surface area contributed by atoms with Crippen molar-refractivity contribution in [2.45, 2.75) is 25.6 Å². The molecule has 0 aliphatic heterocycles. The highest BCUT2D eigenvalue weighted by atomic mass is 16.3. The molecular weight excluding hydrogens is 178 g/mol. The van der Waals surface area contributed by atoms with Crippen LogP contribution in [0.5, 0.6) is 0 Å². The maximum atomic E-state index is 9.14. The normalized spacial score (nSPS) is 15.1. The van der Waals surface area contributed by atoms with E-state index in [2.05, 4.69) is 10.3 Å². The third-order valence-corrected chi connectivity index (χ3v) is 2.03. The van der Waals surface area contributed by atoms with Crippen LogP contribution in [0.25, 0.3) is 0 Å². The van der Waals surface area contributed by atoms with Gasteiger partial charge in [-0.15, -0.1) is 0 Å². The van der Waals surface area contributed by atoms with Crippen molar-refractivity contribution < 1.29 is 5.11 Å². The SMILES string of the molecule is CC(O)C(N)CNCc1ccccn1. The minimum Gasteiger partial charge on any atom is -0.392 e. The first-order chi connectivity index (χ1) is 6.70. The molecule has 1 rings (SSSR count). The summed E-state index contributed by atoms with van der Waals surface area (Å²) >= 11 is 0. The maximum absolute atomic E-state index is 9.14. The van der Waals surface area contributed by atoms with Gasteiger partial charge < -0.3 is 16.2 Å². The molecule has 0 radical (unpaired) electrons. The Morgan fingerprint density at radius 3 is 2.93 bits per heavy atom. The summed E-state index contributed by atoms with van der Waals surface area (Å²) in [6.07, 6.45) is 1.28. The van der Waals surface area contributed by atoms with E-state index in [9.17, 15) is 0 Å². The lowest BCUT2D eigenvalue weighted by atomic mass is 10.2. The van der Waals surface area contributed by atoms with Crippen LogP contribution in [0, 0.1) is 0 Å². The van der Waals surface area contributed by atoms with Crippen molar-refractivity contribution in [1.29, 1.82) is 0 Å². The van der Waals surface area contributed by atoms with Crippen molar-refractivity contribution in [3.8, 4) is 0 Å². The Morgan fingerprint density at radius 1 is 1.57 bits per heavy atom. The number of aliphatic hydroxyl groups excluding tert-OH is 1. The number of nitrogens with two attached hydrogens (primary N) is 1. The highest BCUT2D eigenvalue weighted by molar-refractivity contribution is 5.02. The Kier molecular flexibility index (Phi) is 4.52. The zero-order valence-electron chi connectivity index (χ0n) is 8.35. The first-order valence-electron chi connectivity index (χ1n) is 4.74. The first kappa shape index (κ1) is 11.1. The largest absolute Gasteiger partial charge is 0.392 e. The average Bonchev–Trinajstić information content (AvgIpc) is 2.19. The van der Waals surface area contributed by atoms with Crippen LogP contribution in [0.2, 0.25) is 0 Å². The smallest absolute Gasteiger partial charge is 0.0675 e. The second kappa shape index (κ2) is 5.70. The fourth-order valence-electron chi connectivity index (χ4n) is 1.04. The van der Waals surface area contributed by atoms with Crippen molar-refractivity contribution in [2.75, 3.05) is 6.54 Å². The molecule has 78 valence electrons. The lowest BCUT2D eigenvalue weighted by molar-refractivity contribution is 0.162. The molecule has 1 aromatic rings. The maximum Gasteiger partial charge on any atom is 0.0675 e. The van der Waals surface area contributed by atoms with Crippen LogP contribution >= 0.6 is 0 Å². The molecule has 0 bridgehead atoms. The Balaban J connectivity index is 2.22. The van der Waals surface area contributed by atoms with Crippen LogP contribution in [-0.2, 0) is 6.54 Å². The van der Waals surface area contributed by atoms with Crippen LogP contribution in [0.4, 0.5) is 0 Å². The summed E-state index contributed by atoms with van der Waals surface area (Å²) in [5.74, 6) is 0. The number of nitrogens with zero attached hydrogens (tertiary/aromatic N) is 1. The molecule has 0 saturated heterocycles. The van der Waals surface area contributed by atoms with Gasteiger partial charge >= 0.3 is 0 Å². The van der Waals surface area contributed by atoms with Gasteiger partial charge in [-0.25, -0.2) is 0 Å². The molecule has 0 aromatic carbocycles. The minimum atomic E-state index is -0.480. The minimum absolute atomic E-state index is 0.223. The Hall–Kier alpha value is -0.970. The molecule has 4 N–H and O–H groups in total. The van der Waals surface area contributed by atoms with Gasteiger partial charge in [-0.3, -0.25) is 4.98 Å². The van der Waals surface area contributed by atoms with Crippen molar-refractivity contribution in [2.24, 2.45) is 5.73 Å². The van der Waals surface area contributed by atoms with Gasteiger partial charge in [-0.2, -0.15) is 0 Å². The van der Waals surface area contributed by atoms with E-state index in [0.29, 0.717) is 13.1 Å². The van der Waals surface area contributed by atoms with E-state index >= 15 is 0 Å². The lowest BCUT2D eigenvalue weighted by Crippen LogP contribution is -2.41. The van der Waals surface area contributed by atoms with Gasteiger partial charge in [0.2, 0.25) is 0 Å². The quantitative estimate of drug-likeness (QED) is 0.612. The summed E-state index contributed by atoms with van der Waals surface area (Å²) in [5, 5.41) is 12.3. The number of aliphatic hydroxyl groups is 1. The summed E-state index contributed by atoms with van der Waals surface area (Å²) in [7, 11) is 0. The number of nitrogens with one attached hydrogen (secondary N) is 1. The Bertz CT molecular complexity index is 251. The van der Waals surface area contributed by atoms with Crippen LogP contribution in [0.3, 0.4) is 0 Å². The van der Waals surface area contributed by atoms with Crippen LogP contribution in [-0.4, -0.2) is 28.8 Å².